The van der Waals surface area contributed by atoms with E-state index in [9.17, 15) is 17.4 Å². The van der Waals surface area contributed by atoms with Gasteiger partial charge in [-0.25, -0.2) is 18.7 Å². The predicted octanol–water partition coefficient (Wildman–Crippen LogP) is 3.64. The van der Waals surface area contributed by atoms with E-state index in [1.54, 1.807) is 6.92 Å². The smallest absolute Gasteiger partial charge is 0.215 e. The molecule has 2 heterocycles. The number of aromatic nitrogens is 2. The van der Waals surface area contributed by atoms with Crippen LogP contribution in [0, 0.1) is 17.6 Å². The zero-order valence-electron chi connectivity index (χ0n) is 16.2. The SMILES string of the molecule is CCOc1cc(F)ccc1-c1cc(Nc2cc(C=S(C)(N)=O)cc(F)n2)ncc1F. The molecule has 0 saturated carbocycles. The number of halogens is 3. The van der Waals surface area contributed by atoms with Gasteiger partial charge in [0, 0.05) is 44.6 Å². The quantitative estimate of drug-likeness (QED) is 0.455. The van der Waals surface area contributed by atoms with Gasteiger partial charge in [-0.15, -0.1) is 0 Å². The minimum atomic E-state index is -2.75. The Morgan fingerprint density at radius 1 is 1.13 bits per heavy atom. The van der Waals surface area contributed by atoms with Crippen molar-refractivity contribution in [2.45, 2.75) is 6.92 Å². The Bertz CT molecular complexity index is 1200. The second kappa shape index (κ2) is 8.72. The van der Waals surface area contributed by atoms with Gasteiger partial charge in [0.05, 0.1) is 12.8 Å². The van der Waals surface area contributed by atoms with E-state index in [4.69, 9.17) is 9.88 Å². The van der Waals surface area contributed by atoms with Crippen molar-refractivity contribution in [3.63, 3.8) is 0 Å². The van der Waals surface area contributed by atoms with Crippen LogP contribution >= 0.6 is 0 Å². The van der Waals surface area contributed by atoms with Gasteiger partial charge in [0.1, 0.15) is 29.0 Å². The van der Waals surface area contributed by atoms with Gasteiger partial charge >= 0.3 is 0 Å². The number of benzene rings is 1. The highest BCUT2D eigenvalue weighted by Crippen LogP contribution is 2.34. The molecule has 0 fully saturated rings. The van der Waals surface area contributed by atoms with Crippen LogP contribution in [0.15, 0.2) is 42.6 Å². The summed E-state index contributed by atoms with van der Waals surface area (Å²) in [5.74, 6) is -1.60. The average molecular weight is 436 g/mol. The fourth-order valence-corrected chi connectivity index (χ4v) is 3.43. The summed E-state index contributed by atoms with van der Waals surface area (Å²) in [4.78, 5) is 7.64. The molecular formula is C20H19F3N4O2S. The van der Waals surface area contributed by atoms with Crippen molar-refractivity contribution in [1.29, 1.82) is 0 Å². The molecular weight excluding hydrogens is 417 g/mol. The summed E-state index contributed by atoms with van der Waals surface area (Å²) in [6.07, 6.45) is 2.28. The maximum atomic E-state index is 14.5. The molecule has 2 aromatic heterocycles. The van der Waals surface area contributed by atoms with Crippen LogP contribution in [0.25, 0.3) is 11.1 Å². The lowest BCUT2D eigenvalue weighted by atomic mass is 10.0. The summed E-state index contributed by atoms with van der Waals surface area (Å²) in [5.41, 5.74) is 0.702. The summed E-state index contributed by atoms with van der Waals surface area (Å²) in [5, 5.41) is 9.48. The highest BCUT2D eigenvalue weighted by Gasteiger charge is 2.14. The minimum Gasteiger partial charge on any atom is -0.493 e. The molecule has 0 aliphatic carbocycles. The first-order valence-corrected chi connectivity index (χ1v) is 10.9. The highest BCUT2D eigenvalue weighted by molar-refractivity contribution is 7.98. The predicted molar refractivity (Wildman–Crippen MR) is 112 cm³/mol. The normalized spacial score (nSPS) is 12.9. The Balaban J connectivity index is 2.01. The average Bonchev–Trinajstić information content (AvgIpc) is 2.62. The summed E-state index contributed by atoms with van der Waals surface area (Å²) in [7, 11) is -2.75. The van der Waals surface area contributed by atoms with Gasteiger partial charge in [-0.05, 0) is 36.8 Å². The first kappa shape index (κ1) is 21.6. The lowest BCUT2D eigenvalue weighted by Gasteiger charge is -2.13. The van der Waals surface area contributed by atoms with Gasteiger partial charge in [-0.3, -0.25) is 9.35 Å². The molecule has 0 bridgehead atoms. The van der Waals surface area contributed by atoms with Crippen molar-refractivity contribution in [1.82, 2.24) is 9.97 Å². The molecule has 3 N–H and O–H groups in total. The molecule has 0 radical (unpaired) electrons. The van der Waals surface area contributed by atoms with Crippen LogP contribution in [0.2, 0.25) is 0 Å². The maximum absolute atomic E-state index is 14.5. The molecule has 1 aromatic carbocycles. The van der Waals surface area contributed by atoms with Gasteiger partial charge in [-0.1, -0.05) is 0 Å². The number of rotatable bonds is 6. The Labute approximate surface area is 172 Å². The number of hydrogen-bond acceptors (Lipinski definition) is 5. The molecule has 0 spiro atoms. The van der Waals surface area contributed by atoms with Crippen LogP contribution in [0.4, 0.5) is 24.8 Å². The molecule has 1 atom stereocenters. The topological polar surface area (TPSA) is 90.1 Å². The third kappa shape index (κ3) is 5.49. The van der Waals surface area contributed by atoms with Crippen molar-refractivity contribution < 1.29 is 22.1 Å². The second-order valence-electron chi connectivity index (χ2n) is 6.44. The first-order chi connectivity index (χ1) is 14.1. The molecule has 0 amide bonds. The third-order valence-corrected chi connectivity index (χ3v) is 4.57. The number of nitrogens with zero attached hydrogens (tertiary/aromatic N) is 2. The molecule has 10 heteroatoms. The second-order valence-corrected chi connectivity index (χ2v) is 8.61. The van der Waals surface area contributed by atoms with Gasteiger partial charge in [0.15, 0.2) is 0 Å². The Morgan fingerprint density at radius 3 is 2.60 bits per heavy atom. The van der Waals surface area contributed by atoms with Crippen LogP contribution in [-0.4, -0.2) is 32.4 Å². The minimum absolute atomic E-state index is 0.0547. The summed E-state index contributed by atoms with van der Waals surface area (Å²) in [6.45, 7) is 1.99. The van der Waals surface area contributed by atoms with Gasteiger partial charge in [0.25, 0.3) is 0 Å². The molecule has 0 saturated heterocycles. The molecule has 0 aliphatic rings. The molecule has 0 aliphatic heterocycles. The van der Waals surface area contributed by atoms with E-state index < -0.39 is 27.3 Å². The Kier molecular flexibility index (Phi) is 6.28. The fourth-order valence-electron chi connectivity index (χ4n) is 2.76. The monoisotopic (exact) mass is 436 g/mol. The van der Waals surface area contributed by atoms with Gasteiger partial charge < -0.3 is 10.1 Å². The van der Waals surface area contributed by atoms with E-state index in [-0.39, 0.29) is 35.1 Å². The van der Waals surface area contributed by atoms with E-state index in [0.29, 0.717) is 5.56 Å². The summed E-state index contributed by atoms with van der Waals surface area (Å²) >= 11 is 0. The lowest BCUT2D eigenvalue weighted by molar-refractivity contribution is 0.339. The largest absolute Gasteiger partial charge is 0.493 e. The third-order valence-electron chi connectivity index (χ3n) is 3.83. The number of hydrogen-bond donors (Lipinski definition) is 2. The zero-order chi connectivity index (χ0) is 21.9. The zero-order valence-corrected chi connectivity index (χ0v) is 17.0. The summed E-state index contributed by atoms with van der Waals surface area (Å²) in [6, 6.07) is 7.63. The van der Waals surface area contributed by atoms with E-state index in [1.165, 1.54) is 35.9 Å². The van der Waals surface area contributed by atoms with Crippen molar-refractivity contribution in [2.75, 3.05) is 18.2 Å². The number of ether oxygens (including phenoxy) is 1. The standard InChI is InChI=1S/C20H19F3N4O2S/c1-3-29-17-8-13(21)4-5-14(17)15-9-19(25-10-16(15)22)27-20-7-12(6-18(23)26-20)11-30(2,24)28/h4-11H,3H2,1-2H3,(H2,24,28)(H,25,26,27). The van der Waals surface area contributed by atoms with E-state index >= 15 is 0 Å². The summed E-state index contributed by atoms with van der Waals surface area (Å²) < 4.78 is 59.0. The number of anilines is 2. The molecule has 1 unspecified atom stereocenters. The Hall–Kier alpha value is -3.11. The lowest BCUT2D eigenvalue weighted by Crippen LogP contribution is -2.13. The van der Waals surface area contributed by atoms with Crippen LogP contribution in [0.3, 0.4) is 0 Å². The first-order valence-electron chi connectivity index (χ1n) is 8.79. The number of nitrogens with one attached hydrogen (secondary N) is 1. The number of pyridine rings is 2. The van der Waals surface area contributed by atoms with Crippen LogP contribution < -0.4 is 15.2 Å². The molecule has 3 aromatic rings. The highest BCUT2D eigenvalue weighted by atomic mass is 32.2. The molecule has 158 valence electrons. The van der Waals surface area contributed by atoms with Crippen LogP contribution in [0.5, 0.6) is 5.75 Å². The molecule has 3 rings (SSSR count). The fraction of sp³-hybridized carbons (Fsp3) is 0.150. The molecule has 6 nitrogen and oxygen atoms in total. The van der Waals surface area contributed by atoms with Crippen molar-refractivity contribution in [3.8, 4) is 16.9 Å². The van der Waals surface area contributed by atoms with Crippen molar-refractivity contribution >= 4 is 26.7 Å². The Morgan fingerprint density at radius 2 is 1.90 bits per heavy atom. The van der Waals surface area contributed by atoms with Crippen molar-refractivity contribution in [2.24, 2.45) is 5.14 Å². The molecule has 30 heavy (non-hydrogen) atoms. The van der Waals surface area contributed by atoms with E-state index in [1.807, 2.05) is 0 Å². The van der Waals surface area contributed by atoms with E-state index in [2.05, 4.69) is 15.3 Å². The van der Waals surface area contributed by atoms with Gasteiger partial charge in [-0.2, -0.15) is 4.39 Å². The van der Waals surface area contributed by atoms with Crippen LogP contribution in [-0.2, 0) is 9.71 Å². The number of nitrogens with two attached hydrogens (primary N) is 1. The van der Waals surface area contributed by atoms with E-state index in [0.717, 1.165) is 18.3 Å². The van der Waals surface area contributed by atoms with Gasteiger partial charge in [0.2, 0.25) is 5.95 Å². The maximum Gasteiger partial charge on any atom is 0.215 e. The van der Waals surface area contributed by atoms with Crippen LogP contribution in [0.1, 0.15) is 12.5 Å². The van der Waals surface area contributed by atoms with Crippen molar-refractivity contribution in [3.05, 3.63) is 65.7 Å².